The van der Waals surface area contributed by atoms with Gasteiger partial charge < -0.3 is 10.2 Å². The first kappa shape index (κ1) is 11.1. The Morgan fingerprint density at radius 1 is 0.889 bits per heavy atom. The van der Waals surface area contributed by atoms with Crippen LogP contribution in [-0.4, -0.2) is 27.9 Å². The third-order valence-corrected chi connectivity index (χ3v) is 0.388. The van der Waals surface area contributed by atoms with Crippen molar-refractivity contribution in [2.24, 2.45) is 0 Å². The van der Waals surface area contributed by atoms with Crippen LogP contribution in [-0.2, 0) is 35.4 Å². The molecule has 0 radical (unpaired) electrons. The van der Waals surface area contributed by atoms with Crippen molar-refractivity contribution in [3.8, 4) is 0 Å². The number of Topliss-reactive ketones (excluding diaryl/α,β-unsaturated/α-hetero) is 1. The summed E-state index contributed by atoms with van der Waals surface area (Å²) in [7, 11) is 0. The zero-order chi connectivity index (χ0) is 6.73. The van der Waals surface area contributed by atoms with Crippen LogP contribution in [0.3, 0.4) is 0 Å². The zero-order valence-electron chi connectivity index (χ0n) is 3.94. The van der Waals surface area contributed by atoms with Crippen molar-refractivity contribution in [1.82, 2.24) is 0 Å². The Hall–Kier alpha value is -0.702. The molecule has 0 atom stereocenters. The van der Waals surface area contributed by atoms with Gasteiger partial charge in [-0.1, -0.05) is 0 Å². The molecule has 0 heterocycles. The molecule has 0 rings (SSSR count). The van der Waals surface area contributed by atoms with E-state index in [1.807, 2.05) is 0 Å². The van der Waals surface area contributed by atoms with Crippen LogP contribution in [0.5, 0.6) is 0 Å². The van der Waals surface area contributed by atoms with E-state index < -0.39 is 17.7 Å². The molecule has 54 valence electrons. The van der Waals surface area contributed by atoms with E-state index in [4.69, 9.17) is 10.2 Å². The molecule has 0 saturated heterocycles. The summed E-state index contributed by atoms with van der Waals surface area (Å²) >= 11 is 0. The van der Waals surface area contributed by atoms with Gasteiger partial charge in [0.25, 0.3) is 0 Å². The molecule has 0 unspecified atom stereocenters. The standard InChI is InChI=1S/C3H2O5.Pt/c4-1(2(5)6)3(7)8;/h(H,5,6)(H,7,8);. The smallest absolute Gasteiger partial charge is 0.384 e. The van der Waals surface area contributed by atoms with Crippen LogP contribution in [0.1, 0.15) is 0 Å². The largest absolute Gasteiger partial charge is 0.475 e. The van der Waals surface area contributed by atoms with Crippen LogP contribution in [0.15, 0.2) is 0 Å². The number of carbonyl (C=O) groups is 3. The van der Waals surface area contributed by atoms with E-state index in [2.05, 4.69) is 0 Å². The van der Waals surface area contributed by atoms with E-state index in [0.717, 1.165) is 0 Å². The molecule has 0 aliphatic rings. The molecule has 0 aromatic rings. The molecule has 0 saturated carbocycles. The van der Waals surface area contributed by atoms with Crippen molar-refractivity contribution in [2.75, 3.05) is 0 Å². The second-order valence-corrected chi connectivity index (χ2v) is 0.939. The number of hydrogen-bond acceptors (Lipinski definition) is 3. The van der Waals surface area contributed by atoms with Crippen molar-refractivity contribution >= 4 is 17.7 Å². The van der Waals surface area contributed by atoms with Crippen molar-refractivity contribution in [3.63, 3.8) is 0 Å². The van der Waals surface area contributed by atoms with Crippen LogP contribution >= 0.6 is 0 Å². The van der Waals surface area contributed by atoms with Gasteiger partial charge in [0, 0.05) is 21.1 Å². The molecular formula is C3H2O5Pt. The number of rotatable bonds is 2. The predicted octanol–water partition coefficient (Wildman–Crippen LogP) is -1.28. The van der Waals surface area contributed by atoms with Gasteiger partial charge in [-0.15, -0.1) is 0 Å². The number of carbonyl (C=O) groups excluding carboxylic acids is 1. The molecule has 2 N–H and O–H groups in total. The normalized spacial score (nSPS) is 7.11. The summed E-state index contributed by atoms with van der Waals surface area (Å²) in [6.07, 6.45) is 0. The summed E-state index contributed by atoms with van der Waals surface area (Å²) in [5.74, 6) is -5.71. The molecule has 9 heavy (non-hydrogen) atoms. The Morgan fingerprint density at radius 3 is 1.11 bits per heavy atom. The van der Waals surface area contributed by atoms with Gasteiger partial charge in [-0.3, -0.25) is 4.79 Å². The zero-order valence-corrected chi connectivity index (χ0v) is 6.21. The minimum atomic E-state index is -1.95. The average Bonchev–Trinajstić information content (AvgIpc) is 1.64. The maximum absolute atomic E-state index is 9.64. The first-order valence-corrected chi connectivity index (χ1v) is 1.56. The average molecular weight is 313 g/mol. The topological polar surface area (TPSA) is 91.7 Å². The minimum Gasteiger partial charge on any atom is -0.475 e. The summed E-state index contributed by atoms with van der Waals surface area (Å²) < 4.78 is 0. The van der Waals surface area contributed by atoms with E-state index in [1.54, 1.807) is 0 Å². The van der Waals surface area contributed by atoms with Gasteiger partial charge >= 0.3 is 17.7 Å². The molecule has 0 aromatic heterocycles. The number of aliphatic carboxylic acids is 2. The molecule has 5 nitrogen and oxygen atoms in total. The van der Waals surface area contributed by atoms with Gasteiger partial charge in [0.05, 0.1) is 0 Å². The second kappa shape index (κ2) is 4.20. The Kier molecular flexibility index (Phi) is 5.21. The molecule has 0 aliphatic carbocycles. The van der Waals surface area contributed by atoms with Crippen LogP contribution in [0.2, 0.25) is 0 Å². The van der Waals surface area contributed by atoms with Gasteiger partial charge in [-0.25, -0.2) is 9.59 Å². The first-order chi connectivity index (χ1) is 3.55. The SMILES string of the molecule is O=C(O)C(=O)C(=O)O.[Pt]. The van der Waals surface area contributed by atoms with Crippen molar-refractivity contribution in [2.45, 2.75) is 0 Å². The van der Waals surface area contributed by atoms with Crippen LogP contribution in [0.4, 0.5) is 0 Å². The quantitative estimate of drug-likeness (QED) is 0.489. The van der Waals surface area contributed by atoms with E-state index in [1.165, 1.54) is 0 Å². The monoisotopic (exact) mass is 313 g/mol. The number of ketones is 1. The van der Waals surface area contributed by atoms with Crippen LogP contribution in [0.25, 0.3) is 0 Å². The molecule has 6 heteroatoms. The Balaban J connectivity index is 0. The molecule has 0 aliphatic heterocycles. The van der Waals surface area contributed by atoms with Gasteiger partial charge in [-0.2, -0.15) is 0 Å². The Morgan fingerprint density at radius 2 is 1.11 bits per heavy atom. The first-order valence-electron chi connectivity index (χ1n) is 1.56. The molecule has 0 spiro atoms. The molecule has 0 aromatic carbocycles. The number of carboxylic acids is 2. The third-order valence-electron chi connectivity index (χ3n) is 0.388. The van der Waals surface area contributed by atoms with Crippen molar-refractivity contribution in [3.05, 3.63) is 0 Å². The minimum absolute atomic E-state index is 0. The Bertz CT molecular complexity index is 134. The van der Waals surface area contributed by atoms with Crippen LogP contribution < -0.4 is 0 Å². The molecule has 0 fully saturated rings. The predicted molar refractivity (Wildman–Crippen MR) is 20.3 cm³/mol. The van der Waals surface area contributed by atoms with Crippen LogP contribution in [0, 0.1) is 0 Å². The maximum Gasteiger partial charge on any atom is 0.384 e. The fraction of sp³-hybridized carbons (Fsp3) is 0. The summed E-state index contributed by atoms with van der Waals surface area (Å²) in [5.41, 5.74) is 0. The summed E-state index contributed by atoms with van der Waals surface area (Å²) in [5, 5.41) is 15.2. The fourth-order valence-electron chi connectivity index (χ4n) is 0.0915. The van der Waals surface area contributed by atoms with Gasteiger partial charge in [-0.05, 0) is 0 Å². The van der Waals surface area contributed by atoms with Crippen molar-refractivity contribution < 1.29 is 45.7 Å². The summed E-state index contributed by atoms with van der Waals surface area (Å²) in [4.78, 5) is 28.5. The Labute approximate surface area is 63.9 Å². The van der Waals surface area contributed by atoms with Crippen molar-refractivity contribution in [1.29, 1.82) is 0 Å². The number of hydrogen-bond donors (Lipinski definition) is 2. The van der Waals surface area contributed by atoms with Gasteiger partial charge in [0.15, 0.2) is 0 Å². The third kappa shape index (κ3) is 3.85. The van der Waals surface area contributed by atoms with E-state index in [0.29, 0.717) is 0 Å². The maximum atomic E-state index is 9.64. The molecule has 0 bridgehead atoms. The van der Waals surface area contributed by atoms with Gasteiger partial charge in [0.1, 0.15) is 0 Å². The van der Waals surface area contributed by atoms with E-state index >= 15 is 0 Å². The van der Waals surface area contributed by atoms with E-state index in [9.17, 15) is 14.4 Å². The molecular weight excluding hydrogens is 311 g/mol. The summed E-state index contributed by atoms with van der Waals surface area (Å²) in [6, 6.07) is 0. The molecule has 0 amide bonds. The van der Waals surface area contributed by atoms with Gasteiger partial charge in [0.2, 0.25) is 0 Å². The summed E-state index contributed by atoms with van der Waals surface area (Å²) in [6.45, 7) is 0. The fourth-order valence-corrected chi connectivity index (χ4v) is 0.0915. The second-order valence-electron chi connectivity index (χ2n) is 0.939. The van der Waals surface area contributed by atoms with E-state index in [-0.39, 0.29) is 21.1 Å². The number of carboxylic acid groups (broad SMARTS) is 2.